The second kappa shape index (κ2) is 7.11. The quantitative estimate of drug-likeness (QED) is 0.787. The van der Waals surface area contributed by atoms with E-state index in [1.54, 1.807) is 0 Å². The molecule has 6 nitrogen and oxygen atoms in total. The molecule has 0 aromatic carbocycles. The summed E-state index contributed by atoms with van der Waals surface area (Å²) < 4.78 is 0. The van der Waals surface area contributed by atoms with Gasteiger partial charge in [0.05, 0.1) is 0 Å². The number of amides is 4. The topological polar surface area (TPSA) is 69.7 Å². The number of nitrogens with zero attached hydrogens (tertiary/aromatic N) is 2. The fourth-order valence-electron chi connectivity index (χ4n) is 4.37. The molecule has 3 rings (SSSR count). The Morgan fingerprint density at radius 3 is 2.42 bits per heavy atom. The number of imide groups is 1. The van der Waals surface area contributed by atoms with Crippen LogP contribution in [0.1, 0.15) is 64.7 Å². The lowest BCUT2D eigenvalue weighted by atomic mass is 9.73. The molecule has 1 N–H and O–H groups in total. The number of likely N-dealkylation sites (tertiary alicyclic amines) is 1. The highest BCUT2D eigenvalue weighted by molar-refractivity contribution is 6.09. The number of urea groups is 1. The lowest BCUT2D eigenvalue weighted by Crippen LogP contribution is -2.54. The highest BCUT2D eigenvalue weighted by atomic mass is 16.2. The van der Waals surface area contributed by atoms with Gasteiger partial charge in [-0.25, -0.2) is 4.79 Å². The third-order valence-corrected chi connectivity index (χ3v) is 6.00. The van der Waals surface area contributed by atoms with Crippen molar-refractivity contribution < 1.29 is 14.4 Å². The zero-order valence-corrected chi connectivity index (χ0v) is 14.7. The molecular formula is C18H29N3O3. The summed E-state index contributed by atoms with van der Waals surface area (Å²) >= 11 is 0. The summed E-state index contributed by atoms with van der Waals surface area (Å²) in [6.07, 6.45) is 9.21. The summed E-state index contributed by atoms with van der Waals surface area (Å²) in [6, 6.07) is -0.394. The minimum atomic E-state index is -0.772. The van der Waals surface area contributed by atoms with E-state index >= 15 is 0 Å². The summed E-state index contributed by atoms with van der Waals surface area (Å²) in [5, 5.41) is 2.92. The predicted molar refractivity (Wildman–Crippen MR) is 90.3 cm³/mol. The first kappa shape index (κ1) is 17.2. The first-order chi connectivity index (χ1) is 11.5. The van der Waals surface area contributed by atoms with Crippen molar-refractivity contribution in [3.8, 4) is 0 Å². The number of carbonyl (C=O) groups excluding carboxylic acids is 3. The molecule has 6 heteroatoms. The molecule has 2 atom stereocenters. The molecule has 1 aliphatic carbocycles. The maximum Gasteiger partial charge on any atom is 0.325 e. The van der Waals surface area contributed by atoms with E-state index in [-0.39, 0.29) is 24.3 Å². The summed E-state index contributed by atoms with van der Waals surface area (Å²) in [5.41, 5.74) is -0.772. The van der Waals surface area contributed by atoms with E-state index in [0.717, 1.165) is 62.9 Å². The lowest BCUT2D eigenvalue weighted by Gasteiger charge is -2.36. The van der Waals surface area contributed by atoms with Gasteiger partial charge in [-0.05, 0) is 31.6 Å². The third-order valence-electron chi connectivity index (χ3n) is 6.00. The molecule has 0 bridgehead atoms. The van der Waals surface area contributed by atoms with E-state index in [1.807, 2.05) is 11.8 Å². The predicted octanol–water partition coefficient (Wildman–Crippen LogP) is 2.28. The van der Waals surface area contributed by atoms with E-state index in [4.69, 9.17) is 0 Å². The van der Waals surface area contributed by atoms with Gasteiger partial charge < -0.3 is 10.2 Å². The van der Waals surface area contributed by atoms with Crippen molar-refractivity contribution in [3.63, 3.8) is 0 Å². The zero-order valence-electron chi connectivity index (χ0n) is 14.7. The fraction of sp³-hybridized carbons (Fsp3) is 0.833. The molecule has 0 aromatic heterocycles. The van der Waals surface area contributed by atoms with Gasteiger partial charge in [0.15, 0.2) is 0 Å². The van der Waals surface area contributed by atoms with E-state index in [1.165, 1.54) is 6.42 Å². The van der Waals surface area contributed by atoms with E-state index in [2.05, 4.69) is 5.32 Å². The molecule has 2 saturated heterocycles. The maximum absolute atomic E-state index is 12.9. The van der Waals surface area contributed by atoms with E-state index in [0.29, 0.717) is 6.42 Å². The summed E-state index contributed by atoms with van der Waals surface area (Å²) in [4.78, 5) is 40.9. The molecule has 3 aliphatic rings. The number of carbonyl (C=O) groups is 3. The van der Waals surface area contributed by atoms with Crippen LogP contribution in [-0.4, -0.2) is 52.8 Å². The molecule has 2 heterocycles. The van der Waals surface area contributed by atoms with Crippen molar-refractivity contribution in [2.24, 2.45) is 5.92 Å². The molecule has 2 aliphatic heterocycles. The lowest BCUT2D eigenvalue weighted by molar-refractivity contribution is -0.140. The van der Waals surface area contributed by atoms with Gasteiger partial charge in [0.2, 0.25) is 5.91 Å². The minimum absolute atomic E-state index is 0.0964. The number of rotatable bonds is 2. The van der Waals surface area contributed by atoms with Crippen LogP contribution in [-0.2, 0) is 9.59 Å². The molecular weight excluding hydrogens is 306 g/mol. The molecule has 1 saturated carbocycles. The minimum Gasteiger partial charge on any atom is -0.341 e. The monoisotopic (exact) mass is 335 g/mol. The first-order valence-electron chi connectivity index (χ1n) is 9.46. The van der Waals surface area contributed by atoms with Gasteiger partial charge in [-0.1, -0.05) is 39.0 Å². The largest absolute Gasteiger partial charge is 0.341 e. The Morgan fingerprint density at radius 1 is 1.08 bits per heavy atom. The second-order valence-electron chi connectivity index (χ2n) is 7.59. The van der Waals surface area contributed by atoms with E-state index in [9.17, 15) is 14.4 Å². The maximum atomic E-state index is 12.9. The van der Waals surface area contributed by atoms with Crippen LogP contribution in [0.3, 0.4) is 0 Å². The Hall–Kier alpha value is -1.59. The molecule has 4 amide bonds. The van der Waals surface area contributed by atoms with Crippen molar-refractivity contribution in [3.05, 3.63) is 0 Å². The van der Waals surface area contributed by atoms with Gasteiger partial charge in [-0.15, -0.1) is 0 Å². The summed E-state index contributed by atoms with van der Waals surface area (Å²) in [6.45, 7) is 3.40. The zero-order chi connectivity index (χ0) is 17.2. The standard InChI is InChI=1S/C18H29N3O3/c1-14-9-5-6-10-18(14)16(23)21(17(24)19-18)13-15(22)20-11-7-3-2-4-8-12-20/h14H,2-13H2,1H3,(H,19,24). The fourth-order valence-corrected chi connectivity index (χ4v) is 4.37. The molecule has 2 unspecified atom stereocenters. The Morgan fingerprint density at radius 2 is 1.75 bits per heavy atom. The normalized spacial score (nSPS) is 31.8. The van der Waals surface area contributed by atoms with Gasteiger partial charge in [-0.2, -0.15) is 0 Å². The third kappa shape index (κ3) is 3.15. The molecule has 24 heavy (non-hydrogen) atoms. The van der Waals surface area contributed by atoms with E-state index < -0.39 is 11.6 Å². The van der Waals surface area contributed by atoms with Gasteiger partial charge >= 0.3 is 6.03 Å². The van der Waals surface area contributed by atoms with Crippen molar-refractivity contribution in [2.45, 2.75) is 70.3 Å². The van der Waals surface area contributed by atoms with Crippen LogP contribution in [0.15, 0.2) is 0 Å². The number of nitrogens with one attached hydrogen (secondary N) is 1. The van der Waals surface area contributed by atoms with Crippen LogP contribution in [0.25, 0.3) is 0 Å². The summed E-state index contributed by atoms with van der Waals surface area (Å²) in [5.74, 6) is -0.162. The number of hydrogen-bond acceptors (Lipinski definition) is 3. The molecule has 0 radical (unpaired) electrons. The van der Waals surface area contributed by atoms with Gasteiger partial charge in [0, 0.05) is 13.1 Å². The smallest absolute Gasteiger partial charge is 0.325 e. The average Bonchev–Trinajstić information content (AvgIpc) is 2.75. The molecule has 1 spiro atoms. The Balaban J connectivity index is 1.67. The van der Waals surface area contributed by atoms with Gasteiger partial charge in [0.25, 0.3) is 5.91 Å². The van der Waals surface area contributed by atoms with Crippen molar-refractivity contribution in [1.82, 2.24) is 15.1 Å². The Bertz CT molecular complexity index is 514. The highest BCUT2D eigenvalue weighted by Crippen LogP contribution is 2.38. The van der Waals surface area contributed by atoms with Crippen LogP contribution in [0, 0.1) is 5.92 Å². The van der Waals surface area contributed by atoms with Crippen LogP contribution in [0.2, 0.25) is 0 Å². The van der Waals surface area contributed by atoms with Crippen molar-refractivity contribution in [1.29, 1.82) is 0 Å². The van der Waals surface area contributed by atoms with Crippen LogP contribution >= 0.6 is 0 Å². The van der Waals surface area contributed by atoms with Gasteiger partial charge in [-0.3, -0.25) is 14.5 Å². The van der Waals surface area contributed by atoms with Crippen molar-refractivity contribution >= 4 is 17.8 Å². The summed E-state index contributed by atoms with van der Waals surface area (Å²) in [7, 11) is 0. The molecule has 3 fully saturated rings. The molecule has 0 aromatic rings. The average molecular weight is 335 g/mol. The second-order valence-corrected chi connectivity index (χ2v) is 7.59. The van der Waals surface area contributed by atoms with Crippen LogP contribution in [0.4, 0.5) is 4.79 Å². The Kier molecular flexibility index (Phi) is 5.11. The van der Waals surface area contributed by atoms with Crippen molar-refractivity contribution in [2.75, 3.05) is 19.6 Å². The SMILES string of the molecule is CC1CCCCC12NC(=O)N(CC(=O)N1CCCCCCC1)C2=O. The highest BCUT2D eigenvalue weighted by Gasteiger charge is 2.55. The number of hydrogen-bond donors (Lipinski definition) is 1. The van der Waals surface area contributed by atoms with Crippen LogP contribution < -0.4 is 5.32 Å². The Labute approximate surface area is 143 Å². The van der Waals surface area contributed by atoms with Crippen LogP contribution in [0.5, 0.6) is 0 Å². The molecule has 134 valence electrons. The first-order valence-corrected chi connectivity index (χ1v) is 9.46. The van der Waals surface area contributed by atoms with Gasteiger partial charge in [0.1, 0.15) is 12.1 Å².